The van der Waals surface area contributed by atoms with Gasteiger partial charge in [-0.3, -0.25) is 4.98 Å². The van der Waals surface area contributed by atoms with E-state index < -0.39 is 0 Å². The number of methoxy groups -OCH3 is 1. The number of aromatic nitrogens is 1. The molecule has 0 amide bonds. The van der Waals surface area contributed by atoms with Gasteiger partial charge in [-0.25, -0.2) is 0 Å². The lowest BCUT2D eigenvalue weighted by Gasteiger charge is -2.05. The standard InChI is InChI=1S/C20H15NOS.ClH/c1-22-17-6-2-4-14(10-17)15-7-8-18-19(13-23-20(18)11-15)16-5-3-9-21-12-16;/h2-13H,1H3;1H. The Hall–Kier alpha value is -2.36. The van der Waals surface area contributed by atoms with Crippen molar-refractivity contribution in [2.75, 3.05) is 7.11 Å². The van der Waals surface area contributed by atoms with Crippen LogP contribution in [0.5, 0.6) is 5.75 Å². The topological polar surface area (TPSA) is 22.1 Å². The minimum atomic E-state index is 0. The number of hydrogen-bond acceptors (Lipinski definition) is 3. The molecule has 2 aromatic heterocycles. The average molecular weight is 354 g/mol. The van der Waals surface area contributed by atoms with Gasteiger partial charge < -0.3 is 4.74 Å². The Kier molecular flexibility index (Phi) is 4.84. The third kappa shape index (κ3) is 3.01. The summed E-state index contributed by atoms with van der Waals surface area (Å²) in [6, 6.07) is 18.9. The van der Waals surface area contributed by atoms with Crippen LogP contribution in [-0.2, 0) is 0 Å². The molecule has 0 unspecified atom stereocenters. The Morgan fingerprint density at radius 1 is 0.917 bits per heavy atom. The first-order chi connectivity index (χ1) is 11.3. The van der Waals surface area contributed by atoms with Gasteiger partial charge in [-0.2, -0.15) is 0 Å². The summed E-state index contributed by atoms with van der Waals surface area (Å²) in [6.07, 6.45) is 3.72. The zero-order valence-electron chi connectivity index (χ0n) is 13.1. The zero-order chi connectivity index (χ0) is 15.6. The second kappa shape index (κ2) is 7.04. The summed E-state index contributed by atoms with van der Waals surface area (Å²) in [5.74, 6) is 0.879. The van der Waals surface area contributed by atoms with Crippen LogP contribution in [0, 0.1) is 0 Å². The normalized spacial score (nSPS) is 10.4. The van der Waals surface area contributed by atoms with E-state index >= 15 is 0 Å². The number of halogens is 1. The lowest BCUT2D eigenvalue weighted by atomic mass is 10.0. The Bertz CT molecular complexity index is 966. The highest BCUT2D eigenvalue weighted by Crippen LogP contribution is 2.36. The molecule has 120 valence electrons. The predicted molar refractivity (Wildman–Crippen MR) is 104 cm³/mol. The summed E-state index contributed by atoms with van der Waals surface area (Å²) >= 11 is 1.77. The molecule has 0 N–H and O–H groups in total. The van der Waals surface area contributed by atoms with Gasteiger partial charge in [-0.05, 0) is 40.8 Å². The van der Waals surface area contributed by atoms with E-state index in [2.05, 4.69) is 46.8 Å². The predicted octanol–water partition coefficient (Wildman–Crippen LogP) is 6.06. The molecule has 4 heteroatoms. The van der Waals surface area contributed by atoms with Gasteiger partial charge in [0.15, 0.2) is 0 Å². The van der Waals surface area contributed by atoms with Crippen molar-refractivity contribution in [2.45, 2.75) is 0 Å². The van der Waals surface area contributed by atoms with Crippen molar-refractivity contribution >= 4 is 33.8 Å². The summed E-state index contributed by atoms with van der Waals surface area (Å²) in [5.41, 5.74) is 4.78. The van der Waals surface area contributed by atoms with Crippen LogP contribution in [0.2, 0.25) is 0 Å². The van der Waals surface area contributed by atoms with Gasteiger partial charge >= 0.3 is 0 Å². The number of rotatable bonds is 3. The Morgan fingerprint density at radius 2 is 1.75 bits per heavy atom. The van der Waals surface area contributed by atoms with Crippen LogP contribution in [-0.4, -0.2) is 12.1 Å². The second-order valence-electron chi connectivity index (χ2n) is 5.33. The summed E-state index contributed by atoms with van der Waals surface area (Å²) in [5, 5.41) is 3.48. The summed E-state index contributed by atoms with van der Waals surface area (Å²) in [6.45, 7) is 0. The van der Waals surface area contributed by atoms with E-state index in [-0.39, 0.29) is 12.4 Å². The molecule has 4 aromatic rings. The highest BCUT2D eigenvalue weighted by molar-refractivity contribution is 7.17. The number of thiophene rings is 1. The van der Waals surface area contributed by atoms with Gasteiger partial charge in [0.1, 0.15) is 5.75 Å². The number of hydrogen-bond donors (Lipinski definition) is 0. The third-order valence-corrected chi connectivity index (χ3v) is 4.90. The van der Waals surface area contributed by atoms with E-state index in [4.69, 9.17) is 4.74 Å². The highest BCUT2D eigenvalue weighted by Gasteiger charge is 2.08. The first-order valence-electron chi connectivity index (χ1n) is 7.41. The van der Waals surface area contributed by atoms with Crippen molar-refractivity contribution in [3.05, 3.63) is 72.4 Å². The van der Waals surface area contributed by atoms with E-state index in [0.717, 1.165) is 11.3 Å². The van der Waals surface area contributed by atoms with Crippen LogP contribution < -0.4 is 4.74 Å². The van der Waals surface area contributed by atoms with Crippen molar-refractivity contribution in [3.8, 4) is 28.0 Å². The van der Waals surface area contributed by atoms with E-state index in [1.807, 2.05) is 24.4 Å². The largest absolute Gasteiger partial charge is 0.497 e. The highest BCUT2D eigenvalue weighted by atomic mass is 35.5. The van der Waals surface area contributed by atoms with Crippen molar-refractivity contribution in [2.24, 2.45) is 0 Å². The van der Waals surface area contributed by atoms with E-state index in [1.54, 1.807) is 24.6 Å². The van der Waals surface area contributed by atoms with Gasteiger partial charge in [-0.1, -0.05) is 30.3 Å². The summed E-state index contributed by atoms with van der Waals surface area (Å²) < 4.78 is 6.60. The fourth-order valence-corrected chi connectivity index (χ4v) is 3.76. The van der Waals surface area contributed by atoms with E-state index in [1.165, 1.54) is 26.8 Å². The molecule has 2 nitrogen and oxygen atoms in total. The lowest BCUT2D eigenvalue weighted by molar-refractivity contribution is 0.415. The first-order valence-corrected chi connectivity index (χ1v) is 8.29. The van der Waals surface area contributed by atoms with Crippen molar-refractivity contribution in [1.82, 2.24) is 4.98 Å². The second-order valence-corrected chi connectivity index (χ2v) is 6.25. The Balaban J connectivity index is 0.00000169. The molecule has 0 bridgehead atoms. The molecule has 0 spiro atoms. The molecule has 4 rings (SSSR count). The minimum absolute atomic E-state index is 0. The van der Waals surface area contributed by atoms with Gasteiger partial charge in [-0.15, -0.1) is 23.7 Å². The molecule has 0 aliphatic carbocycles. The van der Waals surface area contributed by atoms with Crippen molar-refractivity contribution in [1.29, 1.82) is 0 Å². The maximum absolute atomic E-state index is 5.32. The quantitative estimate of drug-likeness (QED) is 0.446. The molecule has 0 aliphatic rings. The lowest BCUT2D eigenvalue weighted by Crippen LogP contribution is -1.83. The minimum Gasteiger partial charge on any atom is -0.497 e. The van der Waals surface area contributed by atoms with Gasteiger partial charge in [0, 0.05) is 33.6 Å². The average Bonchev–Trinajstić information content (AvgIpc) is 3.05. The number of ether oxygens (including phenoxy) is 1. The van der Waals surface area contributed by atoms with Gasteiger partial charge in [0.2, 0.25) is 0 Å². The van der Waals surface area contributed by atoms with Crippen LogP contribution in [0.25, 0.3) is 32.3 Å². The molecule has 0 saturated heterocycles. The molecule has 0 fully saturated rings. The van der Waals surface area contributed by atoms with Crippen LogP contribution in [0.3, 0.4) is 0 Å². The number of pyridine rings is 1. The van der Waals surface area contributed by atoms with Crippen molar-refractivity contribution < 1.29 is 4.74 Å². The van der Waals surface area contributed by atoms with Crippen LogP contribution in [0.15, 0.2) is 72.4 Å². The molecule has 24 heavy (non-hydrogen) atoms. The molecule has 0 saturated carbocycles. The summed E-state index contributed by atoms with van der Waals surface area (Å²) in [4.78, 5) is 4.22. The monoisotopic (exact) mass is 353 g/mol. The molecular formula is C20H16ClNOS. The smallest absolute Gasteiger partial charge is 0.119 e. The van der Waals surface area contributed by atoms with Gasteiger partial charge in [0.25, 0.3) is 0 Å². The maximum Gasteiger partial charge on any atom is 0.119 e. The molecule has 0 radical (unpaired) electrons. The van der Waals surface area contributed by atoms with E-state index in [9.17, 15) is 0 Å². The number of fused-ring (bicyclic) bond motifs is 1. The van der Waals surface area contributed by atoms with Crippen LogP contribution in [0.4, 0.5) is 0 Å². The van der Waals surface area contributed by atoms with Crippen LogP contribution in [0.1, 0.15) is 0 Å². The molecule has 0 atom stereocenters. The van der Waals surface area contributed by atoms with Gasteiger partial charge in [0.05, 0.1) is 7.11 Å². The summed E-state index contributed by atoms with van der Waals surface area (Å²) in [7, 11) is 1.70. The Labute approximate surface area is 151 Å². The zero-order valence-corrected chi connectivity index (χ0v) is 14.7. The third-order valence-electron chi connectivity index (χ3n) is 3.95. The Morgan fingerprint density at radius 3 is 2.54 bits per heavy atom. The van der Waals surface area contributed by atoms with Crippen LogP contribution >= 0.6 is 23.7 Å². The first kappa shape index (κ1) is 16.5. The SMILES string of the molecule is COc1cccc(-c2ccc3c(-c4cccnc4)csc3c2)c1.Cl. The number of nitrogens with zero attached hydrogens (tertiary/aromatic N) is 1. The molecule has 2 heterocycles. The van der Waals surface area contributed by atoms with E-state index in [0.29, 0.717) is 0 Å². The van der Waals surface area contributed by atoms with Crippen molar-refractivity contribution in [3.63, 3.8) is 0 Å². The molecule has 2 aromatic carbocycles. The fourth-order valence-electron chi connectivity index (χ4n) is 2.76. The molecule has 0 aliphatic heterocycles. The maximum atomic E-state index is 5.32. The fraction of sp³-hybridized carbons (Fsp3) is 0.0500. The number of benzene rings is 2. The molecular weight excluding hydrogens is 338 g/mol.